The molecule has 0 aromatic heterocycles. The molecule has 0 heterocycles. The second-order valence-electron chi connectivity index (χ2n) is 3.14. The quantitative estimate of drug-likeness (QED) is 0.575. The predicted octanol–water partition coefficient (Wildman–Crippen LogP) is 2.01. The molecule has 0 aliphatic carbocycles. The monoisotopic (exact) mass is 195 g/mol. The van der Waals surface area contributed by atoms with E-state index in [1.165, 1.54) is 12.1 Å². The molecule has 76 valence electrons. The standard InChI is InChI=1S/C11H14FNO/c1-13-7-3-6-11(14)9-4-2-5-10(12)8-9/h2,4-5,8,13H,3,6-7H2,1H3. The summed E-state index contributed by atoms with van der Waals surface area (Å²) in [4.78, 5) is 11.5. The predicted molar refractivity (Wildman–Crippen MR) is 53.9 cm³/mol. The largest absolute Gasteiger partial charge is 0.320 e. The Bertz CT molecular complexity index is 312. The Morgan fingerprint density at radius 1 is 1.50 bits per heavy atom. The molecule has 2 nitrogen and oxygen atoms in total. The van der Waals surface area contributed by atoms with Gasteiger partial charge in [-0.05, 0) is 32.1 Å². The molecule has 1 aromatic rings. The maximum atomic E-state index is 12.8. The van der Waals surface area contributed by atoms with Crippen LogP contribution in [0.1, 0.15) is 23.2 Å². The van der Waals surface area contributed by atoms with Gasteiger partial charge in [0, 0.05) is 12.0 Å². The molecule has 0 bridgehead atoms. The second-order valence-corrected chi connectivity index (χ2v) is 3.14. The molecule has 1 N–H and O–H groups in total. The van der Waals surface area contributed by atoms with Gasteiger partial charge in [-0.15, -0.1) is 0 Å². The molecule has 0 saturated heterocycles. The van der Waals surface area contributed by atoms with Gasteiger partial charge in [0.1, 0.15) is 5.82 Å². The molecule has 0 saturated carbocycles. The van der Waals surface area contributed by atoms with E-state index in [2.05, 4.69) is 5.32 Å². The van der Waals surface area contributed by atoms with Crippen molar-refractivity contribution in [3.63, 3.8) is 0 Å². The summed E-state index contributed by atoms with van der Waals surface area (Å²) in [6, 6.07) is 5.82. The van der Waals surface area contributed by atoms with Crippen molar-refractivity contribution in [3.05, 3.63) is 35.6 Å². The van der Waals surface area contributed by atoms with Gasteiger partial charge < -0.3 is 5.32 Å². The summed E-state index contributed by atoms with van der Waals surface area (Å²) in [6.45, 7) is 0.807. The van der Waals surface area contributed by atoms with Crippen LogP contribution in [0.5, 0.6) is 0 Å². The minimum Gasteiger partial charge on any atom is -0.320 e. The summed E-state index contributed by atoms with van der Waals surface area (Å²) in [6.07, 6.45) is 1.25. The average Bonchev–Trinajstić information content (AvgIpc) is 2.18. The third-order valence-corrected chi connectivity index (χ3v) is 1.98. The van der Waals surface area contributed by atoms with Gasteiger partial charge >= 0.3 is 0 Å². The second kappa shape index (κ2) is 5.50. The van der Waals surface area contributed by atoms with Gasteiger partial charge in [0.05, 0.1) is 0 Å². The van der Waals surface area contributed by atoms with Crippen LogP contribution in [0.2, 0.25) is 0 Å². The molecule has 3 heteroatoms. The number of Topliss-reactive ketones (excluding diaryl/α,β-unsaturated/α-hetero) is 1. The van der Waals surface area contributed by atoms with Crippen molar-refractivity contribution in [1.29, 1.82) is 0 Å². The first kappa shape index (κ1) is 10.9. The first-order valence-electron chi connectivity index (χ1n) is 4.67. The van der Waals surface area contributed by atoms with Crippen molar-refractivity contribution in [1.82, 2.24) is 5.32 Å². The number of carbonyl (C=O) groups excluding carboxylic acids is 1. The normalized spacial score (nSPS) is 10.1. The van der Waals surface area contributed by atoms with Crippen molar-refractivity contribution in [3.8, 4) is 0 Å². The van der Waals surface area contributed by atoms with Gasteiger partial charge in [0.25, 0.3) is 0 Å². The Balaban J connectivity index is 2.52. The highest BCUT2D eigenvalue weighted by atomic mass is 19.1. The molecule has 0 atom stereocenters. The fourth-order valence-corrected chi connectivity index (χ4v) is 1.23. The Kier molecular flexibility index (Phi) is 4.26. The van der Waals surface area contributed by atoms with Crippen LogP contribution in [0.25, 0.3) is 0 Å². The van der Waals surface area contributed by atoms with E-state index in [9.17, 15) is 9.18 Å². The zero-order chi connectivity index (χ0) is 10.4. The SMILES string of the molecule is CNCCCC(=O)c1cccc(F)c1. The lowest BCUT2D eigenvalue weighted by Crippen LogP contribution is -2.10. The van der Waals surface area contributed by atoms with E-state index in [0.717, 1.165) is 13.0 Å². The summed E-state index contributed by atoms with van der Waals surface area (Å²) in [7, 11) is 1.84. The number of ketones is 1. The molecule has 0 aliphatic heterocycles. The van der Waals surface area contributed by atoms with Crippen molar-refractivity contribution in [2.24, 2.45) is 0 Å². The first-order chi connectivity index (χ1) is 6.74. The van der Waals surface area contributed by atoms with Gasteiger partial charge in [-0.25, -0.2) is 4.39 Å². The van der Waals surface area contributed by atoms with Gasteiger partial charge in [0.2, 0.25) is 0 Å². The number of hydrogen-bond donors (Lipinski definition) is 1. The summed E-state index contributed by atoms with van der Waals surface area (Å²) >= 11 is 0. The lowest BCUT2D eigenvalue weighted by molar-refractivity contribution is 0.0980. The van der Waals surface area contributed by atoms with E-state index >= 15 is 0 Å². The van der Waals surface area contributed by atoms with Crippen molar-refractivity contribution in [2.75, 3.05) is 13.6 Å². The fourth-order valence-electron chi connectivity index (χ4n) is 1.23. The third kappa shape index (κ3) is 3.26. The van der Waals surface area contributed by atoms with E-state index < -0.39 is 0 Å². The highest BCUT2D eigenvalue weighted by Crippen LogP contribution is 2.07. The van der Waals surface area contributed by atoms with E-state index in [4.69, 9.17) is 0 Å². The van der Waals surface area contributed by atoms with Crippen molar-refractivity contribution in [2.45, 2.75) is 12.8 Å². The topological polar surface area (TPSA) is 29.1 Å². The van der Waals surface area contributed by atoms with Crippen molar-refractivity contribution < 1.29 is 9.18 Å². The summed E-state index contributed by atoms with van der Waals surface area (Å²) < 4.78 is 12.8. The first-order valence-corrected chi connectivity index (χ1v) is 4.67. The minimum atomic E-state index is -0.357. The molecule has 0 amide bonds. The van der Waals surface area contributed by atoms with E-state index in [1.54, 1.807) is 12.1 Å². The van der Waals surface area contributed by atoms with Crippen LogP contribution in [0.15, 0.2) is 24.3 Å². The van der Waals surface area contributed by atoms with Crippen LogP contribution >= 0.6 is 0 Å². The molecule has 14 heavy (non-hydrogen) atoms. The smallest absolute Gasteiger partial charge is 0.163 e. The minimum absolute atomic E-state index is 0.000231. The van der Waals surface area contributed by atoms with Gasteiger partial charge in [0.15, 0.2) is 5.78 Å². The number of hydrogen-bond acceptors (Lipinski definition) is 2. The zero-order valence-corrected chi connectivity index (χ0v) is 8.22. The number of nitrogens with one attached hydrogen (secondary N) is 1. The molecular weight excluding hydrogens is 181 g/mol. The Morgan fingerprint density at radius 3 is 2.93 bits per heavy atom. The average molecular weight is 195 g/mol. The molecule has 0 spiro atoms. The Labute approximate surface area is 83.1 Å². The number of halogens is 1. The molecular formula is C11H14FNO. The lowest BCUT2D eigenvalue weighted by atomic mass is 10.1. The maximum absolute atomic E-state index is 12.8. The van der Waals surface area contributed by atoms with Crippen LogP contribution < -0.4 is 5.32 Å². The van der Waals surface area contributed by atoms with E-state index in [-0.39, 0.29) is 11.6 Å². The molecule has 1 aromatic carbocycles. The van der Waals surface area contributed by atoms with Crippen LogP contribution in [0.3, 0.4) is 0 Å². The number of carbonyl (C=O) groups is 1. The van der Waals surface area contributed by atoms with E-state index in [1.807, 2.05) is 7.05 Å². The summed E-state index contributed by atoms with van der Waals surface area (Å²) in [5.74, 6) is -0.357. The fraction of sp³-hybridized carbons (Fsp3) is 0.364. The van der Waals surface area contributed by atoms with Gasteiger partial charge in [-0.3, -0.25) is 4.79 Å². The van der Waals surface area contributed by atoms with E-state index in [0.29, 0.717) is 12.0 Å². The third-order valence-electron chi connectivity index (χ3n) is 1.98. The van der Waals surface area contributed by atoms with Gasteiger partial charge in [-0.2, -0.15) is 0 Å². The molecule has 0 fully saturated rings. The number of benzene rings is 1. The van der Waals surface area contributed by atoms with Crippen LogP contribution in [0, 0.1) is 5.82 Å². The summed E-state index contributed by atoms with van der Waals surface area (Å²) in [5, 5.41) is 2.96. The van der Waals surface area contributed by atoms with Crippen LogP contribution in [0.4, 0.5) is 4.39 Å². The van der Waals surface area contributed by atoms with Crippen LogP contribution in [-0.2, 0) is 0 Å². The van der Waals surface area contributed by atoms with Gasteiger partial charge in [-0.1, -0.05) is 12.1 Å². The van der Waals surface area contributed by atoms with Crippen molar-refractivity contribution >= 4 is 5.78 Å². The molecule has 0 radical (unpaired) electrons. The lowest BCUT2D eigenvalue weighted by Gasteiger charge is -2.00. The number of rotatable bonds is 5. The Hall–Kier alpha value is -1.22. The zero-order valence-electron chi connectivity index (χ0n) is 8.22. The Morgan fingerprint density at radius 2 is 2.29 bits per heavy atom. The molecule has 1 rings (SSSR count). The maximum Gasteiger partial charge on any atom is 0.163 e. The van der Waals surface area contributed by atoms with Crippen LogP contribution in [-0.4, -0.2) is 19.4 Å². The molecule has 0 aliphatic rings. The summed E-state index contributed by atoms with van der Waals surface area (Å²) in [5.41, 5.74) is 0.459. The molecule has 0 unspecified atom stereocenters. The highest BCUT2D eigenvalue weighted by Gasteiger charge is 2.05. The highest BCUT2D eigenvalue weighted by molar-refractivity contribution is 5.95.